The van der Waals surface area contributed by atoms with E-state index in [4.69, 9.17) is 0 Å². The zero-order valence-electron chi connectivity index (χ0n) is 14.5. The van der Waals surface area contributed by atoms with Crippen LogP contribution in [-0.4, -0.2) is 29.9 Å². The van der Waals surface area contributed by atoms with Crippen LogP contribution in [0.1, 0.15) is 63.0 Å². The van der Waals surface area contributed by atoms with Crippen molar-refractivity contribution in [1.29, 1.82) is 0 Å². The summed E-state index contributed by atoms with van der Waals surface area (Å²) in [5.41, 5.74) is 2.11. The molecule has 0 aromatic heterocycles. The standard InChI is InChI=1S/C16H24O2.C3H6O2/c1-2-6-12-8-5-10-15(16(12)18)14-9-4-3-7-13(14)11-17;1-3(4)5-2/h5,8,10,13-14,17-18H,2-4,6-7,9,11H2,1H3;1-2H3/t13?,14-;/m0./s1. The molecule has 2 N–H and O–H groups in total. The van der Waals surface area contributed by atoms with Gasteiger partial charge >= 0.3 is 5.97 Å². The Bertz CT molecular complexity index is 484. The molecule has 1 aromatic carbocycles. The van der Waals surface area contributed by atoms with Crippen LogP contribution in [0.15, 0.2) is 18.2 Å². The summed E-state index contributed by atoms with van der Waals surface area (Å²) in [5.74, 6) is 0.886. The molecule has 1 saturated carbocycles. The number of aryl methyl sites for hydroxylation is 1. The number of carbonyl (C=O) groups excluding carboxylic acids is 1. The first-order valence-electron chi connectivity index (χ1n) is 8.51. The molecule has 0 saturated heterocycles. The molecule has 0 aliphatic heterocycles. The fourth-order valence-corrected chi connectivity index (χ4v) is 3.22. The monoisotopic (exact) mass is 322 g/mol. The van der Waals surface area contributed by atoms with E-state index in [1.165, 1.54) is 26.9 Å². The lowest BCUT2D eigenvalue weighted by atomic mass is 9.75. The first-order chi connectivity index (χ1) is 11.0. The van der Waals surface area contributed by atoms with Gasteiger partial charge in [0.15, 0.2) is 0 Å². The van der Waals surface area contributed by atoms with Gasteiger partial charge in [-0.25, -0.2) is 0 Å². The number of hydrogen-bond donors (Lipinski definition) is 2. The first kappa shape index (κ1) is 19.5. The molecule has 0 bridgehead atoms. The molecule has 1 fully saturated rings. The van der Waals surface area contributed by atoms with Crippen LogP contribution >= 0.6 is 0 Å². The summed E-state index contributed by atoms with van der Waals surface area (Å²) in [6.45, 7) is 3.73. The van der Waals surface area contributed by atoms with Gasteiger partial charge in [0.25, 0.3) is 0 Å². The Balaban J connectivity index is 0.000000463. The maximum Gasteiger partial charge on any atom is 0.302 e. The van der Waals surface area contributed by atoms with Crippen LogP contribution in [0.3, 0.4) is 0 Å². The van der Waals surface area contributed by atoms with Gasteiger partial charge in [0.2, 0.25) is 0 Å². The number of phenolic OH excluding ortho intramolecular Hbond substituents is 1. The van der Waals surface area contributed by atoms with Gasteiger partial charge in [-0.15, -0.1) is 0 Å². The molecule has 0 radical (unpaired) electrons. The fourth-order valence-electron chi connectivity index (χ4n) is 3.22. The summed E-state index contributed by atoms with van der Waals surface area (Å²) in [7, 11) is 1.35. The molecule has 0 amide bonds. The van der Waals surface area contributed by atoms with Crippen molar-refractivity contribution in [3.63, 3.8) is 0 Å². The van der Waals surface area contributed by atoms with Gasteiger partial charge in [0.05, 0.1) is 7.11 Å². The molecule has 130 valence electrons. The van der Waals surface area contributed by atoms with Crippen LogP contribution in [0.4, 0.5) is 0 Å². The number of esters is 1. The summed E-state index contributed by atoms with van der Waals surface area (Å²) in [4.78, 5) is 9.59. The van der Waals surface area contributed by atoms with Crippen LogP contribution in [0.5, 0.6) is 5.75 Å². The van der Waals surface area contributed by atoms with Gasteiger partial charge in [0, 0.05) is 13.5 Å². The van der Waals surface area contributed by atoms with Gasteiger partial charge in [0.1, 0.15) is 5.75 Å². The van der Waals surface area contributed by atoms with E-state index in [1.807, 2.05) is 18.2 Å². The Morgan fingerprint density at radius 3 is 2.52 bits per heavy atom. The van der Waals surface area contributed by atoms with Crippen LogP contribution < -0.4 is 0 Å². The summed E-state index contributed by atoms with van der Waals surface area (Å²) >= 11 is 0. The van der Waals surface area contributed by atoms with Crippen molar-refractivity contribution >= 4 is 5.97 Å². The average molecular weight is 322 g/mol. The number of aliphatic hydroxyl groups excluding tert-OH is 1. The fraction of sp³-hybridized carbons (Fsp3) is 0.632. The Labute approximate surface area is 139 Å². The second-order valence-electron chi connectivity index (χ2n) is 6.13. The molecular formula is C19H30O4. The average Bonchev–Trinajstić information content (AvgIpc) is 2.57. The highest BCUT2D eigenvalue weighted by Gasteiger charge is 2.28. The van der Waals surface area contributed by atoms with Gasteiger partial charge in [-0.2, -0.15) is 0 Å². The normalized spacial score (nSPS) is 20.3. The van der Waals surface area contributed by atoms with Crippen LogP contribution in [0.25, 0.3) is 0 Å². The van der Waals surface area contributed by atoms with Crippen molar-refractivity contribution in [2.75, 3.05) is 13.7 Å². The summed E-state index contributed by atoms with van der Waals surface area (Å²) in [5, 5.41) is 19.9. The number of hydrogen-bond acceptors (Lipinski definition) is 4. The summed E-state index contributed by atoms with van der Waals surface area (Å²) in [6, 6.07) is 6.09. The lowest BCUT2D eigenvalue weighted by Crippen LogP contribution is -2.21. The third kappa shape index (κ3) is 5.87. The van der Waals surface area contributed by atoms with Crippen molar-refractivity contribution < 1.29 is 19.7 Å². The van der Waals surface area contributed by atoms with E-state index in [0.717, 1.165) is 36.8 Å². The third-order valence-electron chi connectivity index (χ3n) is 4.50. The Hall–Kier alpha value is -1.55. The molecule has 23 heavy (non-hydrogen) atoms. The molecule has 1 unspecified atom stereocenters. The number of benzene rings is 1. The molecule has 2 rings (SSSR count). The van der Waals surface area contributed by atoms with Gasteiger partial charge in [-0.3, -0.25) is 4.79 Å². The maximum atomic E-state index is 10.4. The number of ether oxygens (including phenoxy) is 1. The highest BCUT2D eigenvalue weighted by atomic mass is 16.5. The number of methoxy groups -OCH3 is 1. The Morgan fingerprint density at radius 2 is 1.96 bits per heavy atom. The molecule has 2 atom stereocenters. The van der Waals surface area contributed by atoms with E-state index in [-0.39, 0.29) is 12.6 Å². The van der Waals surface area contributed by atoms with Crippen LogP contribution in [0.2, 0.25) is 0 Å². The lowest BCUT2D eigenvalue weighted by molar-refractivity contribution is -0.137. The zero-order valence-corrected chi connectivity index (χ0v) is 14.5. The van der Waals surface area contributed by atoms with E-state index >= 15 is 0 Å². The van der Waals surface area contributed by atoms with Crippen molar-refractivity contribution in [3.05, 3.63) is 29.3 Å². The topological polar surface area (TPSA) is 66.8 Å². The summed E-state index contributed by atoms with van der Waals surface area (Å²) < 4.78 is 4.11. The van der Waals surface area contributed by atoms with Crippen LogP contribution in [0, 0.1) is 5.92 Å². The number of aliphatic hydroxyl groups is 1. The minimum absolute atomic E-state index is 0.238. The number of phenols is 1. The molecule has 1 aliphatic rings. The predicted octanol–water partition coefficient (Wildman–Crippen LogP) is 3.79. The Morgan fingerprint density at radius 1 is 1.30 bits per heavy atom. The SMILES string of the molecule is CCCc1cccc([C@H]2CCCCC2CO)c1O.COC(C)=O. The highest BCUT2D eigenvalue weighted by molar-refractivity contribution is 5.65. The van der Waals surface area contributed by atoms with E-state index in [2.05, 4.69) is 11.7 Å². The van der Waals surface area contributed by atoms with Gasteiger partial charge in [-0.05, 0) is 42.2 Å². The van der Waals surface area contributed by atoms with E-state index < -0.39 is 0 Å². The van der Waals surface area contributed by atoms with E-state index in [1.54, 1.807) is 0 Å². The first-order valence-corrected chi connectivity index (χ1v) is 8.51. The second kappa shape index (κ2) is 10.3. The molecular weight excluding hydrogens is 292 g/mol. The zero-order chi connectivity index (χ0) is 17.2. The van der Waals surface area contributed by atoms with Crippen LogP contribution in [-0.2, 0) is 16.0 Å². The molecule has 4 heteroatoms. The van der Waals surface area contributed by atoms with Crippen molar-refractivity contribution in [3.8, 4) is 5.75 Å². The summed E-state index contributed by atoms with van der Waals surface area (Å²) in [6.07, 6.45) is 6.56. The Kier molecular flexibility index (Phi) is 8.70. The van der Waals surface area contributed by atoms with Crippen molar-refractivity contribution in [1.82, 2.24) is 0 Å². The predicted molar refractivity (Wildman–Crippen MR) is 91.6 cm³/mol. The molecule has 1 aromatic rings. The van der Waals surface area contributed by atoms with Crippen molar-refractivity contribution in [2.24, 2.45) is 5.92 Å². The van der Waals surface area contributed by atoms with E-state index in [9.17, 15) is 15.0 Å². The number of rotatable bonds is 4. The highest BCUT2D eigenvalue weighted by Crippen LogP contribution is 2.42. The molecule has 4 nitrogen and oxygen atoms in total. The molecule has 1 aliphatic carbocycles. The molecule has 0 spiro atoms. The second-order valence-corrected chi connectivity index (χ2v) is 6.13. The lowest BCUT2D eigenvalue weighted by Gasteiger charge is -2.31. The van der Waals surface area contributed by atoms with Crippen molar-refractivity contribution in [2.45, 2.75) is 58.3 Å². The third-order valence-corrected chi connectivity index (χ3v) is 4.50. The quantitative estimate of drug-likeness (QED) is 0.828. The van der Waals surface area contributed by atoms with Gasteiger partial charge < -0.3 is 14.9 Å². The molecule has 0 heterocycles. The minimum Gasteiger partial charge on any atom is -0.507 e. The number of aromatic hydroxyl groups is 1. The largest absolute Gasteiger partial charge is 0.507 e. The number of para-hydroxylation sites is 1. The number of carbonyl (C=O) groups is 1. The maximum absolute atomic E-state index is 10.4. The van der Waals surface area contributed by atoms with Gasteiger partial charge in [-0.1, -0.05) is 44.4 Å². The van der Waals surface area contributed by atoms with E-state index in [0.29, 0.717) is 17.6 Å². The smallest absolute Gasteiger partial charge is 0.302 e. The minimum atomic E-state index is -0.245.